The van der Waals surface area contributed by atoms with E-state index in [1.54, 1.807) is 6.20 Å². The zero-order valence-electron chi connectivity index (χ0n) is 19.6. The van der Waals surface area contributed by atoms with E-state index in [0.29, 0.717) is 36.5 Å². The summed E-state index contributed by atoms with van der Waals surface area (Å²) in [5, 5.41) is 15.0. The number of halogens is 1. The molecule has 0 radical (unpaired) electrons. The minimum atomic E-state index is -1.17. The van der Waals surface area contributed by atoms with Crippen molar-refractivity contribution in [2.45, 2.75) is 63.7 Å². The first-order valence-corrected chi connectivity index (χ1v) is 15.8. The molecule has 1 amide bonds. The van der Waals surface area contributed by atoms with Gasteiger partial charge in [0.25, 0.3) is 0 Å². The highest BCUT2D eigenvalue weighted by Gasteiger charge is 2.31. The molecule has 33 heavy (non-hydrogen) atoms. The Morgan fingerprint density at radius 3 is 2.73 bits per heavy atom. The summed E-state index contributed by atoms with van der Waals surface area (Å²) in [6.07, 6.45) is 5.17. The summed E-state index contributed by atoms with van der Waals surface area (Å²) in [5.41, 5.74) is 1.32. The second-order valence-electron chi connectivity index (χ2n) is 9.90. The second-order valence-corrected chi connectivity index (χ2v) is 15.8. The van der Waals surface area contributed by atoms with Crippen molar-refractivity contribution in [1.82, 2.24) is 19.7 Å². The summed E-state index contributed by atoms with van der Waals surface area (Å²) >= 11 is 5.73. The van der Waals surface area contributed by atoms with Crippen molar-refractivity contribution in [2.75, 3.05) is 36.3 Å². The highest BCUT2D eigenvalue weighted by atomic mass is 35.5. The van der Waals surface area contributed by atoms with Crippen LogP contribution in [0.5, 0.6) is 0 Å². The second kappa shape index (κ2) is 10.5. The molecule has 2 aromatic heterocycles. The van der Waals surface area contributed by atoms with E-state index >= 15 is 0 Å². The number of pyridine rings is 1. The minimum absolute atomic E-state index is 0.137. The average Bonchev–Trinajstić information content (AvgIpc) is 3.49. The molecule has 180 valence electrons. The van der Waals surface area contributed by atoms with E-state index < -0.39 is 8.07 Å². The molecule has 0 bridgehead atoms. The molecule has 1 aliphatic heterocycles. The standard InChI is InChI=1S/C22H33ClN6O3Si/c1-33(2,3)9-8-31-14-29-21(15-4-5-15)27-28-22(29)16-10-18(26-19(30)11-23)20(24-12-16)25-13-17-6-7-32-17/h10,12,15,17H,4-9,11,13-14H2,1-3H3,(H,24,25)(H,26,30)/t17-/m0/s1. The lowest BCUT2D eigenvalue weighted by Gasteiger charge is -2.27. The first-order valence-electron chi connectivity index (χ1n) is 11.6. The lowest BCUT2D eigenvalue weighted by molar-refractivity contribution is -0.113. The van der Waals surface area contributed by atoms with Gasteiger partial charge in [-0.1, -0.05) is 19.6 Å². The Morgan fingerprint density at radius 2 is 2.09 bits per heavy atom. The summed E-state index contributed by atoms with van der Waals surface area (Å²) in [4.78, 5) is 16.6. The Bertz CT molecular complexity index is 972. The highest BCUT2D eigenvalue weighted by Crippen LogP contribution is 2.40. The molecule has 11 heteroatoms. The first kappa shape index (κ1) is 24.1. The number of carbonyl (C=O) groups excluding carboxylic acids is 1. The third kappa shape index (κ3) is 6.53. The van der Waals surface area contributed by atoms with Crippen LogP contribution < -0.4 is 10.6 Å². The van der Waals surface area contributed by atoms with Crippen molar-refractivity contribution < 1.29 is 14.3 Å². The number of amides is 1. The SMILES string of the molecule is C[Si](C)(C)CCOCn1c(-c2cnc(NC[C@@H]3CCO3)c(NC(=O)CCl)c2)nnc1C1CC1. The van der Waals surface area contributed by atoms with Crippen LogP contribution in [0.2, 0.25) is 25.7 Å². The van der Waals surface area contributed by atoms with Crippen molar-refractivity contribution in [3.05, 3.63) is 18.1 Å². The van der Waals surface area contributed by atoms with Gasteiger partial charge in [-0.25, -0.2) is 4.98 Å². The maximum absolute atomic E-state index is 12.0. The maximum atomic E-state index is 12.0. The van der Waals surface area contributed by atoms with E-state index in [0.717, 1.165) is 49.9 Å². The van der Waals surface area contributed by atoms with Gasteiger partial charge >= 0.3 is 0 Å². The van der Waals surface area contributed by atoms with Crippen molar-refractivity contribution in [2.24, 2.45) is 0 Å². The molecule has 1 atom stereocenters. The number of nitrogens with zero attached hydrogens (tertiary/aromatic N) is 4. The molecule has 0 unspecified atom stereocenters. The Morgan fingerprint density at radius 1 is 1.30 bits per heavy atom. The third-order valence-corrected chi connectivity index (χ3v) is 7.72. The highest BCUT2D eigenvalue weighted by molar-refractivity contribution is 6.76. The predicted molar refractivity (Wildman–Crippen MR) is 132 cm³/mol. The Kier molecular flexibility index (Phi) is 7.68. The average molecular weight is 493 g/mol. The fraction of sp³-hybridized carbons (Fsp3) is 0.636. The molecule has 1 saturated carbocycles. The van der Waals surface area contributed by atoms with E-state index in [1.165, 1.54) is 0 Å². The number of ether oxygens (including phenoxy) is 2. The van der Waals surface area contributed by atoms with Crippen molar-refractivity contribution in [3.8, 4) is 11.4 Å². The van der Waals surface area contributed by atoms with Gasteiger partial charge in [0.2, 0.25) is 5.91 Å². The van der Waals surface area contributed by atoms with Gasteiger partial charge in [0.05, 0.1) is 11.8 Å². The summed E-state index contributed by atoms with van der Waals surface area (Å²) in [7, 11) is -1.17. The quantitative estimate of drug-likeness (QED) is 0.263. The number of carbonyl (C=O) groups is 1. The molecule has 0 spiro atoms. The molecule has 2 aliphatic rings. The zero-order valence-corrected chi connectivity index (χ0v) is 21.3. The Hall–Kier alpha value is -2.01. The molecular formula is C22H33ClN6O3Si. The van der Waals surface area contributed by atoms with E-state index in [2.05, 4.69) is 45.5 Å². The van der Waals surface area contributed by atoms with Gasteiger partial charge in [-0.05, 0) is 31.4 Å². The van der Waals surface area contributed by atoms with Crippen LogP contribution >= 0.6 is 11.6 Å². The molecule has 2 aromatic rings. The predicted octanol–water partition coefficient (Wildman–Crippen LogP) is 3.91. The minimum Gasteiger partial charge on any atom is -0.376 e. The number of alkyl halides is 1. The number of hydrogen-bond donors (Lipinski definition) is 2. The first-order chi connectivity index (χ1) is 15.8. The van der Waals surface area contributed by atoms with Crippen LogP contribution in [0.4, 0.5) is 11.5 Å². The monoisotopic (exact) mass is 492 g/mol. The largest absolute Gasteiger partial charge is 0.376 e. The summed E-state index contributed by atoms with van der Waals surface area (Å²) in [6.45, 7) is 9.55. The Labute approximate surface area is 200 Å². The van der Waals surface area contributed by atoms with Gasteiger partial charge in [0.15, 0.2) is 5.82 Å². The fourth-order valence-electron chi connectivity index (χ4n) is 3.50. The molecule has 2 fully saturated rings. The summed E-state index contributed by atoms with van der Waals surface area (Å²) in [6, 6.07) is 2.96. The number of nitrogens with one attached hydrogen (secondary N) is 2. The summed E-state index contributed by atoms with van der Waals surface area (Å²) < 4.78 is 13.6. The van der Waals surface area contributed by atoms with Crippen molar-refractivity contribution in [3.63, 3.8) is 0 Å². The van der Waals surface area contributed by atoms with Crippen LogP contribution in [0.15, 0.2) is 12.3 Å². The normalized spacial score (nSPS) is 18.1. The number of hydrogen-bond acceptors (Lipinski definition) is 7. The fourth-order valence-corrected chi connectivity index (χ4v) is 4.32. The smallest absolute Gasteiger partial charge is 0.239 e. The molecule has 2 N–H and O–H groups in total. The van der Waals surface area contributed by atoms with Crippen LogP contribution in [-0.2, 0) is 21.0 Å². The van der Waals surface area contributed by atoms with Crippen molar-refractivity contribution in [1.29, 1.82) is 0 Å². The summed E-state index contributed by atoms with van der Waals surface area (Å²) in [5.74, 6) is 2.21. The zero-order chi connectivity index (χ0) is 23.4. The maximum Gasteiger partial charge on any atom is 0.239 e. The van der Waals surface area contributed by atoms with E-state index in [1.807, 2.05) is 10.6 Å². The Balaban J connectivity index is 1.56. The van der Waals surface area contributed by atoms with E-state index in [4.69, 9.17) is 21.1 Å². The van der Waals surface area contributed by atoms with Gasteiger partial charge in [0.1, 0.15) is 24.3 Å². The van der Waals surface area contributed by atoms with E-state index in [-0.39, 0.29) is 17.9 Å². The van der Waals surface area contributed by atoms with Gasteiger partial charge < -0.3 is 20.1 Å². The third-order valence-electron chi connectivity index (χ3n) is 5.77. The molecule has 3 heterocycles. The number of rotatable bonds is 12. The lowest BCUT2D eigenvalue weighted by atomic mass is 10.2. The van der Waals surface area contributed by atoms with Gasteiger partial charge in [-0.15, -0.1) is 21.8 Å². The van der Waals surface area contributed by atoms with Gasteiger partial charge in [0, 0.05) is 45.5 Å². The molecular weight excluding hydrogens is 460 g/mol. The topological polar surface area (TPSA) is 103 Å². The van der Waals surface area contributed by atoms with Crippen LogP contribution in [0.25, 0.3) is 11.4 Å². The van der Waals surface area contributed by atoms with Crippen LogP contribution in [-0.4, -0.2) is 65.5 Å². The molecule has 1 saturated heterocycles. The van der Waals surface area contributed by atoms with Gasteiger partial charge in [-0.2, -0.15) is 0 Å². The van der Waals surface area contributed by atoms with Crippen LogP contribution in [0.1, 0.15) is 31.0 Å². The van der Waals surface area contributed by atoms with Gasteiger partial charge in [-0.3, -0.25) is 9.36 Å². The molecule has 0 aromatic carbocycles. The molecule has 4 rings (SSSR count). The molecule has 1 aliphatic carbocycles. The number of aromatic nitrogens is 4. The van der Waals surface area contributed by atoms with Crippen molar-refractivity contribution >= 4 is 37.1 Å². The lowest BCUT2D eigenvalue weighted by Crippen LogP contribution is -2.33. The van der Waals surface area contributed by atoms with Crippen LogP contribution in [0.3, 0.4) is 0 Å². The molecule has 9 nitrogen and oxygen atoms in total. The van der Waals surface area contributed by atoms with E-state index in [9.17, 15) is 4.79 Å². The number of anilines is 2. The van der Waals surface area contributed by atoms with Crippen LogP contribution in [0, 0.1) is 0 Å².